The molecule has 5 heteroatoms. The van der Waals surface area contributed by atoms with E-state index in [0.717, 1.165) is 43.2 Å². The Hall–Kier alpha value is -2.04. The van der Waals surface area contributed by atoms with Crippen LogP contribution in [0.2, 0.25) is 5.02 Å². The summed E-state index contributed by atoms with van der Waals surface area (Å²) in [5.41, 5.74) is 3.46. The van der Waals surface area contributed by atoms with Gasteiger partial charge in [0.1, 0.15) is 0 Å². The highest BCUT2D eigenvalue weighted by Crippen LogP contribution is 2.22. The summed E-state index contributed by atoms with van der Waals surface area (Å²) in [6.45, 7) is 5.19. The van der Waals surface area contributed by atoms with E-state index in [0.29, 0.717) is 10.6 Å². The number of nitrogens with one attached hydrogen (secondary N) is 1. The Labute approximate surface area is 141 Å². The molecule has 1 aliphatic heterocycles. The van der Waals surface area contributed by atoms with Crippen LogP contribution in [-0.4, -0.2) is 32.2 Å². The first-order chi connectivity index (χ1) is 11.1. The van der Waals surface area contributed by atoms with Gasteiger partial charge in [0.2, 0.25) is 0 Å². The number of morpholine rings is 1. The molecule has 0 atom stereocenters. The van der Waals surface area contributed by atoms with Crippen LogP contribution in [0.3, 0.4) is 0 Å². The van der Waals surface area contributed by atoms with Crippen molar-refractivity contribution >= 4 is 28.9 Å². The lowest BCUT2D eigenvalue weighted by Gasteiger charge is -2.28. The minimum absolute atomic E-state index is 0.135. The largest absolute Gasteiger partial charge is 0.378 e. The third-order valence-electron chi connectivity index (χ3n) is 3.95. The van der Waals surface area contributed by atoms with Gasteiger partial charge in [-0.25, -0.2) is 0 Å². The van der Waals surface area contributed by atoms with Crippen LogP contribution in [0, 0.1) is 6.92 Å². The molecule has 3 rings (SSSR count). The molecule has 0 radical (unpaired) electrons. The molecule has 0 bridgehead atoms. The quantitative estimate of drug-likeness (QED) is 0.932. The summed E-state index contributed by atoms with van der Waals surface area (Å²) in [4.78, 5) is 14.6. The first-order valence-electron chi connectivity index (χ1n) is 7.64. The summed E-state index contributed by atoms with van der Waals surface area (Å²) >= 11 is 5.99. The van der Waals surface area contributed by atoms with Gasteiger partial charge in [0, 0.05) is 35.1 Å². The second kappa shape index (κ2) is 7.02. The first-order valence-corrected chi connectivity index (χ1v) is 8.01. The van der Waals surface area contributed by atoms with Crippen molar-refractivity contribution in [3.05, 3.63) is 58.6 Å². The number of hydrogen-bond acceptors (Lipinski definition) is 3. The van der Waals surface area contributed by atoms with Gasteiger partial charge in [0.25, 0.3) is 5.91 Å². The maximum Gasteiger partial charge on any atom is 0.255 e. The molecule has 0 unspecified atom stereocenters. The highest BCUT2D eigenvalue weighted by atomic mass is 35.5. The maximum absolute atomic E-state index is 12.4. The second-order valence-electron chi connectivity index (χ2n) is 5.56. The molecule has 120 valence electrons. The molecule has 4 nitrogen and oxygen atoms in total. The lowest BCUT2D eigenvalue weighted by Crippen LogP contribution is -2.36. The molecule has 23 heavy (non-hydrogen) atoms. The Kier molecular flexibility index (Phi) is 4.84. The fraction of sp³-hybridized carbons (Fsp3) is 0.278. The second-order valence-corrected chi connectivity index (χ2v) is 6.00. The first kappa shape index (κ1) is 15.8. The van der Waals surface area contributed by atoms with Gasteiger partial charge >= 0.3 is 0 Å². The number of halogens is 1. The number of nitrogens with zero attached hydrogens (tertiary/aromatic N) is 1. The van der Waals surface area contributed by atoms with Crippen molar-refractivity contribution in [2.75, 3.05) is 36.5 Å². The average Bonchev–Trinajstić information content (AvgIpc) is 2.59. The summed E-state index contributed by atoms with van der Waals surface area (Å²) < 4.78 is 5.35. The summed E-state index contributed by atoms with van der Waals surface area (Å²) in [5, 5.41) is 3.51. The molecule has 2 aromatic rings. The Morgan fingerprint density at radius 2 is 1.83 bits per heavy atom. The molecule has 1 saturated heterocycles. The topological polar surface area (TPSA) is 41.6 Å². The third kappa shape index (κ3) is 3.84. The van der Waals surface area contributed by atoms with E-state index in [1.165, 1.54) is 0 Å². The van der Waals surface area contributed by atoms with Crippen molar-refractivity contribution in [1.29, 1.82) is 0 Å². The smallest absolute Gasteiger partial charge is 0.255 e. The Morgan fingerprint density at radius 1 is 1.13 bits per heavy atom. The van der Waals surface area contributed by atoms with Gasteiger partial charge in [-0.1, -0.05) is 17.7 Å². The fourth-order valence-corrected chi connectivity index (χ4v) is 2.74. The zero-order chi connectivity index (χ0) is 16.2. The van der Waals surface area contributed by atoms with E-state index in [9.17, 15) is 4.79 Å². The fourth-order valence-electron chi connectivity index (χ4n) is 2.57. The van der Waals surface area contributed by atoms with Crippen molar-refractivity contribution < 1.29 is 9.53 Å². The van der Waals surface area contributed by atoms with Crippen molar-refractivity contribution in [3.8, 4) is 0 Å². The van der Waals surface area contributed by atoms with Crippen molar-refractivity contribution in [3.63, 3.8) is 0 Å². The zero-order valence-electron chi connectivity index (χ0n) is 13.0. The van der Waals surface area contributed by atoms with E-state index < -0.39 is 0 Å². The Balaban J connectivity index is 1.71. The molecule has 0 spiro atoms. The third-order valence-corrected chi connectivity index (χ3v) is 4.19. The number of rotatable bonds is 3. The van der Waals surface area contributed by atoms with E-state index in [1.807, 2.05) is 43.3 Å². The number of aryl methyl sites for hydroxylation is 1. The van der Waals surface area contributed by atoms with Gasteiger partial charge in [0.15, 0.2) is 0 Å². The lowest BCUT2D eigenvalue weighted by atomic mass is 10.1. The summed E-state index contributed by atoms with van der Waals surface area (Å²) in [5.74, 6) is -0.135. The average molecular weight is 331 g/mol. The minimum atomic E-state index is -0.135. The monoisotopic (exact) mass is 330 g/mol. The van der Waals surface area contributed by atoms with Gasteiger partial charge < -0.3 is 15.0 Å². The normalized spacial score (nSPS) is 14.6. The molecule has 1 amide bonds. The summed E-state index contributed by atoms with van der Waals surface area (Å²) in [7, 11) is 0. The minimum Gasteiger partial charge on any atom is -0.378 e. The van der Waals surface area contributed by atoms with Crippen molar-refractivity contribution in [1.82, 2.24) is 0 Å². The van der Waals surface area contributed by atoms with Gasteiger partial charge in [-0.15, -0.1) is 0 Å². The highest BCUT2D eigenvalue weighted by Gasteiger charge is 2.13. The van der Waals surface area contributed by atoms with Gasteiger partial charge in [-0.3, -0.25) is 4.79 Å². The molecular weight excluding hydrogens is 312 g/mol. The van der Waals surface area contributed by atoms with Crippen molar-refractivity contribution in [2.45, 2.75) is 6.92 Å². The molecule has 0 saturated carbocycles. The molecule has 2 aromatic carbocycles. The van der Waals surface area contributed by atoms with Gasteiger partial charge in [0.05, 0.1) is 13.2 Å². The summed E-state index contributed by atoms with van der Waals surface area (Å²) in [6.07, 6.45) is 0. The van der Waals surface area contributed by atoms with E-state index in [4.69, 9.17) is 16.3 Å². The Bertz CT molecular complexity index is 695. The standard InChI is InChI=1S/C18H19ClN2O2/c1-13-2-5-15(19)12-17(13)20-18(22)14-3-6-16(7-4-14)21-8-10-23-11-9-21/h2-7,12H,8-11H2,1H3,(H,20,22). The van der Waals surface area contributed by atoms with Crippen LogP contribution in [0.25, 0.3) is 0 Å². The Morgan fingerprint density at radius 3 is 2.52 bits per heavy atom. The van der Waals surface area contributed by atoms with Crippen molar-refractivity contribution in [2.24, 2.45) is 0 Å². The predicted octanol–water partition coefficient (Wildman–Crippen LogP) is 3.74. The zero-order valence-corrected chi connectivity index (χ0v) is 13.8. The van der Waals surface area contributed by atoms with Crippen LogP contribution < -0.4 is 10.2 Å². The molecular formula is C18H19ClN2O2. The molecule has 1 fully saturated rings. The van der Waals surface area contributed by atoms with E-state index in [-0.39, 0.29) is 5.91 Å². The van der Waals surface area contributed by atoms with Gasteiger partial charge in [-0.05, 0) is 48.9 Å². The molecule has 0 aliphatic carbocycles. The van der Waals surface area contributed by atoms with Crippen LogP contribution in [0.1, 0.15) is 15.9 Å². The van der Waals surface area contributed by atoms with Crippen LogP contribution in [0.15, 0.2) is 42.5 Å². The highest BCUT2D eigenvalue weighted by molar-refractivity contribution is 6.31. The molecule has 1 heterocycles. The van der Waals surface area contributed by atoms with Crippen LogP contribution >= 0.6 is 11.6 Å². The summed E-state index contributed by atoms with van der Waals surface area (Å²) in [6, 6.07) is 13.1. The van der Waals surface area contributed by atoms with Crippen LogP contribution in [-0.2, 0) is 4.74 Å². The SMILES string of the molecule is Cc1ccc(Cl)cc1NC(=O)c1ccc(N2CCOCC2)cc1. The van der Waals surface area contributed by atoms with Crippen LogP contribution in [0.4, 0.5) is 11.4 Å². The number of hydrogen-bond donors (Lipinski definition) is 1. The number of carbonyl (C=O) groups excluding carboxylic acids is 1. The molecule has 0 aromatic heterocycles. The lowest BCUT2D eigenvalue weighted by molar-refractivity contribution is 0.102. The van der Waals surface area contributed by atoms with Gasteiger partial charge in [-0.2, -0.15) is 0 Å². The predicted molar refractivity (Wildman–Crippen MR) is 93.6 cm³/mol. The molecule has 1 N–H and O–H groups in total. The number of ether oxygens (including phenoxy) is 1. The van der Waals surface area contributed by atoms with E-state index in [1.54, 1.807) is 6.07 Å². The number of anilines is 2. The van der Waals surface area contributed by atoms with E-state index in [2.05, 4.69) is 10.2 Å². The molecule has 1 aliphatic rings. The number of amides is 1. The van der Waals surface area contributed by atoms with Crippen LogP contribution in [0.5, 0.6) is 0 Å². The van der Waals surface area contributed by atoms with E-state index >= 15 is 0 Å². The number of carbonyl (C=O) groups is 1. The number of benzene rings is 2. The maximum atomic E-state index is 12.4.